The lowest BCUT2D eigenvalue weighted by molar-refractivity contribution is 0.0934. The molecule has 0 aliphatic rings. The number of sulfonamides is 1. The number of nitrogens with zero attached hydrogens (tertiary/aromatic N) is 1. The lowest BCUT2D eigenvalue weighted by Crippen LogP contribution is -2.27. The largest absolute Gasteiger partial charge is 0.444 e. The number of carbonyl (C=O) groups is 1. The predicted octanol–water partition coefficient (Wildman–Crippen LogP) is 4.09. The molecule has 3 aromatic rings. The standard InChI is InChI=1S/C19H16F2IN3O4S/c1-10(11-7-13(20)17(14(21)8-11)25-30(2,27)28)23-18(26)16-9-29-19(24-16)12-5-3-4-6-15(12)22/h3-10,25H,1-2H3,(H,23,26)/t10-/m1/s1. The Bertz CT molecular complexity index is 1190. The molecule has 30 heavy (non-hydrogen) atoms. The number of aromatic nitrogens is 1. The number of anilines is 1. The van der Waals surface area contributed by atoms with Gasteiger partial charge < -0.3 is 9.73 Å². The van der Waals surface area contributed by atoms with Crippen LogP contribution in [0.25, 0.3) is 11.5 Å². The molecule has 7 nitrogen and oxygen atoms in total. The molecule has 11 heteroatoms. The molecule has 158 valence electrons. The maximum atomic E-state index is 14.2. The number of benzene rings is 2. The van der Waals surface area contributed by atoms with Crippen LogP contribution in [0.2, 0.25) is 0 Å². The Labute approximate surface area is 185 Å². The highest BCUT2D eigenvalue weighted by molar-refractivity contribution is 14.1. The van der Waals surface area contributed by atoms with Crippen molar-refractivity contribution in [2.45, 2.75) is 13.0 Å². The van der Waals surface area contributed by atoms with Gasteiger partial charge in [-0.15, -0.1) is 0 Å². The summed E-state index contributed by atoms with van der Waals surface area (Å²) in [5.74, 6) is -2.52. The van der Waals surface area contributed by atoms with Gasteiger partial charge in [-0.3, -0.25) is 9.52 Å². The first kappa shape index (κ1) is 22.2. The Hall–Kier alpha value is -2.54. The quantitative estimate of drug-likeness (QED) is 0.453. The maximum Gasteiger partial charge on any atom is 0.273 e. The van der Waals surface area contributed by atoms with Crippen LogP contribution in [0.5, 0.6) is 0 Å². The minimum Gasteiger partial charge on any atom is -0.444 e. The molecular weight excluding hydrogens is 531 g/mol. The molecule has 1 aromatic heterocycles. The summed E-state index contributed by atoms with van der Waals surface area (Å²) in [6.07, 6.45) is 1.98. The number of halogens is 3. The zero-order valence-electron chi connectivity index (χ0n) is 15.7. The van der Waals surface area contributed by atoms with Gasteiger partial charge in [0.05, 0.1) is 17.9 Å². The van der Waals surface area contributed by atoms with Gasteiger partial charge in [-0.05, 0) is 59.3 Å². The molecule has 0 aliphatic carbocycles. The van der Waals surface area contributed by atoms with Gasteiger partial charge in [0.2, 0.25) is 15.9 Å². The van der Waals surface area contributed by atoms with Crippen molar-refractivity contribution < 1.29 is 26.4 Å². The molecule has 1 amide bonds. The molecule has 0 saturated carbocycles. The van der Waals surface area contributed by atoms with Crippen LogP contribution in [-0.4, -0.2) is 25.6 Å². The fraction of sp³-hybridized carbons (Fsp3) is 0.158. The van der Waals surface area contributed by atoms with E-state index in [9.17, 15) is 22.0 Å². The van der Waals surface area contributed by atoms with Crippen molar-refractivity contribution in [2.24, 2.45) is 0 Å². The molecule has 0 fully saturated rings. The van der Waals surface area contributed by atoms with E-state index in [0.717, 1.165) is 27.5 Å². The van der Waals surface area contributed by atoms with Gasteiger partial charge >= 0.3 is 0 Å². The zero-order valence-corrected chi connectivity index (χ0v) is 18.7. The fourth-order valence-corrected chi connectivity index (χ4v) is 3.80. The van der Waals surface area contributed by atoms with Crippen molar-refractivity contribution in [3.63, 3.8) is 0 Å². The van der Waals surface area contributed by atoms with Crippen molar-refractivity contribution in [1.29, 1.82) is 0 Å². The van der Waals surface area contributed by atoms with E-state index < -0.39 is 39.3 Å². The zero-order chi connectivity index (χ0) is 22.1. The van der Waals surface area contributed by atoms with E-state index in [1.165, 1.54) is 13.2 Å². The molecule has 0 bridgehead atoms. The van der Waals surface area contributed by atoms with Crippen LogP contribution < -0.4 is 10.0 Å². The number of hydrogen-bond acceptors (Lipinski definition) is 5. The summed E-state index contributed by atoms with van der Waals surface area (Å²) < 4.78 is 58.9. The van der Waals surface area contributed by atoms with Crippen molar-refractivity contribution in [3.8, 4) is 11.5 Å². The smallest absolute Gasteiger partial charge is 0.273 e. The van der Waals surface area contributed by atoms with Gasteiger partial charge in [0.15, 0.2) is 17.3 Å². The van der Waals surface area contributed by atoms with Crippen LogP contribution in [0.4, 0.5) is 14.5 Å². The summed E-state index contributed by atoms with van der Waals surface area (Å²) in [6.45, 7) is 1.52. The van der Waals surface area contributed by atoms with E-state index in [0.29, 0.717) is 0 Å². The average Bonchev–Trinajstić information content (AvgIpc) is 3.14. The summed E-state index contributed by atoms with van der Waals surface area (Å²) in [4.78, 5) is 16.6. The second-order valence-corrected chi connectivity index (χ2v) is 9.36. The molecule has 1 atom stereocenters. The predicted molar refractivity (Wildman–Crippen MR) is 115 cm³/mol. The van der Waals surface area contributed by atoms with Crippen molar-refractivity contribution in [1.82, 2.24) is 10.3 Å². The topological polar surface area (TPSA) is 101 Å². The maximum absolute atomic E-state index is 14.2. The van der Waals surface area contributed by atoms with E-state index >= 15 is 0 Å². The van der Waals surface area contributed by atoms with Crippen molar-refractivity contribution >= 4 is 44.2 Å². The minimum atomic E-state index is -3.85. The molecule has 0 radical (unpaired) electrons. The van der Waals surface area contributed by atoms with Gasteiger partial charge in [-0.2, -0.15) is 0 Å². The Morgan fingerprint density at radius 1 is 1.20 bits per heavy atom. The molecule has 0 saturated heterocycles. The Morgan fingerprint density at radius 2 is 1.83 bits per heavy atom. The summed E-state index contributed by atoms with van der Waals surface area (Å²) in [7, 11) is -3.85. The fourth-order valence-electron chi connectivity index (χ4n) is 2.62. The number of carbonyl (C=O) groups excluding carboxylic acids is 1. The monoisotopic (exact) mass is 547 g/mol. The van der Waals surface area contributed by atoms with Crippen LogP contribution in [0.3, 0.4) is 0 Å². The Kier molecular flexibility index (Phi) is 6.41. The third-order valence-corrected chi connectivity index (χ3v) is 5.56. The third-order valence-electron chi connectivity index (χ3n) is 4.04. The first-order valence-corrected chi connectivity index (χ1v) is 11.5. The number of oxazole rings is 1. The lowest BCUT2D eigenvalue weighted by atomic mass is 10.1. The highest BCUT2D eigenvalue weighted by Gasteiger charge is 2.20. The highest BCUT2D eigenvalue weighted by Crippen LogP contribution is 2.26. The van der Waals surface area contributed by atoms with Gasteiger partial charge in [-0.25, -0.2) is 22.2 Å². The number of nitrogens with one attached hydrogen (secondary N) is 2. The average molecular weight is 547 g/mol. The Morgan fingerprint density at radius 3 is 2.43 bits per heavy atom. The summed E-state index contributed by atoms with van der Waals surface area (Å²) >= 11 is 2.12. The molecular formula is C19H16F2IN3O4S. The molecule has 3 rings (SSSR count). The number of amides is 1. The second kappa shape index (κ2) is 8.68. The van der Waals surface area contributed by atoms with Crippen LogP contribution in [0.15, 0.2) is 47.1 Å². The lowest BCUT2D eigenvalue weighted by Gasteiger charge is -2.15. The van der Waals surface area contributed by atoms with Gasteiger partial charge in [0.25, 0.3) is 5.91 Å². The van der Waals surface area contributed by atoms with Crippen LogP contribution in [0, 0.1) is 15.2 Å². The first-order chi connectivity index (χ1) is 14.0. The van der Waals surface area contributed by atoms with Crippen LogP contribution in [0.1, 0.15) is 29.0 Å². The van der Waals surface area contributed by atoms with Gasteiger partial charge in [0.1, 0.15) is 12.0 Å². The second-order valence-electron chi connectivity index (χ2n) is 6.45. The normalized spacial score (nSPS) is 12.4. The minimum absolute atomic E-state index is 0.00723. The van der Waals surface area contributed by atoms with Crippen molar-refractivity contribution in [2.75, 3.05) is 11.0 Å². The van der Waals surface area contributed by atoms with Crippen LogP contribution >= 0.6 is 22.6 Å². The van der Waals surface area contributed by atoms with Gasteiger partial charge in [-0.1, -0.05) is 12.1 Å². The molecule has 0 aliphatic heterocycles. The molecule has 2 aromatic carbocycles. The van der Waals surface area contributed by atoms with Gasteiger partial charge in [0, 0.05) is 3.57 Å². The summed E-state index contributed by atoms with van der Waals surface area (Å²) in [5.41, 5.74) is 0.0632. The van der Waals surface area contributed by atoms with E-state index in [1.54, 1.807) is 10.8 Å². The van der Waals surface area contributed by atoms with E-state index in [2.05, 4.69) is 32.9 Å². The van der Waals surface area contributed by atoms with E-state index in [4.69, 9.17) is 4.42 Å². The molecule has 2 N–H and O–H groups in total. The first-order valence-electron chi connectivity index (χ1n) is 8.53. The number of hydrogen-bond donors (Lipinski definition) is 2. The molecule has 0 unspecified atom stereocenters. The molecule has 0 spiro atoms. The van der Waals surface area contributed by atoms with E-state index in [1.807, 2.05) is 18.2 Å². The highest BCUT2D eigenvalue weighted by atomic mass is 127. The third kappa shape index (κ3) is 5.14. The molecule has 1 heterocycles. The summed E-state index contributed by atoms with van der Waals surface area (Å²) in [5, 5.41) is 2.58. The van der Waals surface area contributed by atoms with Crippen LogP contribution in [-0.2, 0) is 10.0 Å². The number of rotatable bonds is 6. The SMILES string of the molecule is C[C@@H](NC(=O)c1coc(-c2ccccc2I)n1)c1cc(F)c(NS(C)(=O)=O)c(F)c1. The summed E-state index contributed by atoms with van der Waals surface area (Å²) in [6, 6.07) is 8.45. The Balaban J connectivity index is 1.77. The van der Waals surface area contributed by atoms with Crippen molar-refractivity contribution in [3.05, 3.63) is 69.1 Å². The van der Waals surface area contributed by atoms with E-state index in [-0.39, 0.29) is 17.1 Å².